The molecule has 0 radical (unpaired) electrons. The number of anilines is 1. The Balaban J connectivity index is 1.48. The van der Waals surface area contributed by atoms with Crippen LogP contribution < -0.4 is 10.1 Å². The van der Waals surface area contributed by atoms with Gasteiger partial charge in [0.15, 0.2) is 0 Å². The van der Waals surface area contributed by atoms with Gasteiger partial charge >= 0.3 is 0 Å². The molecule has 1 heterocycles. The highest BCUT2D eigenvalue weighted by atomic mass is 16.5. The molecule has 1 aliphatic heterocycles. The van der Waals surface area contributed by atoms with Crippen LogP contribution in [-0.4, -0.2) is 30.5 Å². The van der Waals surface area contributed by atoms with Gasteiger partial charge in [-0.05, 0) is 75.2 Å². The van der Waals surface area contributed by atoms with Crippen LogP contribution in [0.15, 0.2) is 48.5 Å². The fourth-order valence-electron chi connectivity index (χ4n) is 3.43. The maximum atomic E-state index is 12.5. The van der Waals surface area contributed by atoms with Crippen LogP contribution in [0, 0.1) is 12.8 Å². The lowest BCUT2D eigenvalue weighted by molar-refractivity contribution is -0.121. The zero-order valence-corrected chi connectivity index (χ0v) is 15.7. The number of hydrogen-bond acceptors (Lipinski definition) is 3. The molecule has 1 amide bonds. The van der Waals surface area contributed by atoms with E-state index in [0.29, 0.717) is 6.61 Å². The number of rotatable bonds is 6. The van der Waals surface area contributed by atoms with Crippen LogP contribution in [-0.2, 0) is 11.3 Å². The number of amides is 1. The molecule has 0 aromatic heterocycles. The first-order chi connectivity index (χ1) is 12.7. The number of likely N-dealkylation sites (tertiary alicyclic amines) is 1. The maximum Gasteiger partial charge on any atom is 0.227 e. The van der Waals surface area contributed by atoms with Crippen molar-refractivity contribution >= 4 is 11.6 Å². The van der Waals surface area contributed by atoms with Crippen LogP contribution in [0.2, 0.25) is 0 Å². The predicted octanol–water partition coefficient (Wildman–Crippen LogP) is 4.24. The highest BCUT2D eigenvalue weighted by Crippen LogP contribution is 2.22. The van der Waals surface area contributed by atoms with Gasteiger partial charge in [-0.25, -0.2) is 0 Å². The summed E-state index contributed by atoms with van der Waals surface area (Å²) in [7, 11) is 0. The van der Waals surface area contributed by atoms with Gasteiger partial charge in [0.25, 0.3) is 0 Å². The van der Waals surface area contributed by atoms with E-state index in [1.54, 1.807) is 0 Å². The van der Waals surface area contributed by atoms with Gasteiger partial charge in [0, 0.05) is 18.2 Å². The SMILES string of the molecule is CCOc1ccc(NC(=O)C2CCN(Cc3ccccc3C)CC2)cc1. The molecule has 1 aliphatic rings. The highest BCUT2D eigenvalue weighted by Gasteiger charge is 2.25. The monoisotopic (exact) mass is 352 g/mol. The lowest BCUT2D eigenvalue weighted by Crippen LogP contribution is -2.37. The standard InChI is InChI=1S/C22H28N2O2/c1-3-26-21-10-8-20(9-11-21)23-22(25)18-12-14-24(15-13-18)16-19-7-5-4-6-17(19)2/h4-11,18H,3,12-16H2,1-2H3,(H,23,25). The number of benzene rings is 2. The van der Waals surface area contributed by atoms with E-state index in [0.717, 1.165) is 43.9 Å². The average molecular weight is 352 g/mol. The molecular weight excluding hydrogens is 324 g/mol. The molecule has 0 atom stereocenters. The molecule has 1 N–H and O–H groups in total. The van der Waals surface area contributed by atoms with Crippen molar-refractivity contribution in [3.63, 3.8) is 0 Å². The van der Waals surface area contributed by atoms with Crippen molar-refractivity contribution < 1.29 is 9.53 Å². The number of hydrogen-bond donors (Lipinski definition) is 1. The summed E-state index contributed by atoms with van der Waals surface area (Å²) >= 11 is 0. The van der Waals surface area contributed by atoms with E-state index >= 15 is 0 Å². The Bertz CT molecular complexity index is 719. The summed E-state index contributed by atoms with van der Waals surface area (Å²) in [6.45, 7) is 7.67. The second-order valence-electron chi connectivity index (χ2n) is 6.92. The Morgan fingerprint density at radius 3 is 2.46 bits per heavy atom. The quantitative estimate of drug-likeness (QED) is 0.845. The van der Waals surface area contributed by atoms with Crippen LogP contribution in [0.4, 0.5) is 5.69 Å². The third kappa shape index (κ3) is 4.85. The molecule has 0 saturated carbocycles. The maximum absolute atomic E-state index is 12.5. The minimum Gasteiger partial charge on any atom is -0.494 e. The number of aryl methyl sites for hydroxylation is 1. The molecule has 4 heteroatoms. The van der Waals surface area contributed by atoms with Gasteiger partial charge in [-0.15, -0.1) is 0 Å². The molecule has 26 heavy (non-hydrogen) atoms. The van der Waals surface area contributed by atoms with E-state index in [1.807, 2.05) is 31.2 Å². The van der Waals surface area contributed by atoms with Crippen LogP contribution in [0.3, 0.4) is 0 Å². The van der Waals surface area contributed by atoms with E-state index in [9.17, 15) is 4.79 Å². The van der Waals surface area contributed by atoms with E-state index in [1.165, 1.54) is 11.1 Å². The van der Waals surface area contributed by atoms with Crippen LogP contribution in [0.5, 0.6) is 5.75 Å². The van der Waals surface area contributed by atoms with Gasteiger partial charge in [-0.2, -0.15) is 0 Å². The molecule has 138 valence electrons. The van der Waals surface area contributed by atoms with Gasteiger partial charge in [0.05, 0.1) is 6.61 Å². The van der Waals surface area contributed by atoms with Crippen molar-refractivity contribution in [2.24, 2.45) is 5.92 Å². The van der Waals surface area contributed by atoms with Crippen molar-refractivity contribution in [2.45, 2.75) is 33.2 Å². The van der Waals surface area contributed by atoms with Crippen LogP contribution in [0.1, 0.15) is 30.9 Å². The number of nitrogens with one attached hydrogen (secondary N) is 1. The van der Waals surface area contributed by atoms with Crippen LogP contribution in [0.25, 0.3) is 0 Å². The molecule has 0 bridgehead atoms. The number of carbonyl (C=O) groups excluding carboxylic acids is 1. The lowest BCUT2D eigenvalue weighted by atomic mass is 9.95. The van der Waals surface area contributed by atoms with Crippen molar-refractivity contribution in [3.05, 3.63) is 59.7 Å². The van der Waals surface area contributed by atoms with Gasteiger partial charge in [-0.1, -0.05) is 24.3 Å². The molecule has 0 unspecified atom stereocenters. The summed E-state index contributed by atoms with van der Waals surface area (Å²) in [6.07, 6.45) is 1.82. The Kier molecular flexibility index (Phi) is 6.29. The summed E-state index contributed by atoms with van der Waals surface area (Å²) in [6, 6.07) is 16.1. The van der Waals surface area contributed by atoms with Crippen molar-refractivity contribution in [1.82, 2.24) is 4.90 Å². The van der Waals surface area contributed by atoms with E-state index < -0.39 is 0 Å². The zero-order chi connectivity index (χ0) is 18.4. The number of carbonyl (C=O) groups is 1. The second-order valence-corrected chi connectivity index (χ2v) is 6.92. The number of piperidine rings is 1. The Morgan fingerprint density at radius 2 is 1.81 bits per heavy atom. The zero-order valence-electron chi connectivity index (χ0n) is 15.7. The summed E-state index contributed by atoms with van der Waals surface area (Å²) in [5.41, 5.74) is 3.55. The summed E-state index contributed by atoms with van der Waals surface area (Å²) < 4.78 is 5.43. The smallest absolute Gasteiger partial charge is 0.227 e. The Hall–Kier alpha value is -2.33. The summed E-state index contributed by atoms with van der Waals surface area (Å²) in [4.78, 5) is 15.0. The largest absolute Gasteiger partial charge is 0.494 e. The molecule has 2 aromatic rings. The molecule has 3 rings (SSSR count). The second kappa shape index (κ2) is 8.86. The molecule has 4 nitrogen and oxygen atoms in total. The number of nitrogens with zero attached hydrogens (tertiary/aromatic N) is 1. The minimum absolute atomic E-state index is 0.0923. The summed E-state index contributed by atoms with van der Waals surface area (Å²) in [5.74, 6) is 1.05. The van der Waals surface area contributed by atoms with Crippen molar-refractivity contribution in [1.29, 1.82) is 0 Å². The normalized spacial score (nSPS) is 15.6. The number of ether oxygens (including phenoxy) is 1. The first-order valence-corrected chi connectivity index (χ1v) is 9.46. The molecule has 1 fully saturated rings. The van der Waals surface area contributed by atoms with Crippen molar-refractivity contribution in [3.8, 4) is 5.75 Å². The first kappa shape index (κ1) is 18.5. The molecule has 0 aliphatic carbocycles. The minimum atomic E-state index is 0.0923. The van der Waals surface area contributed by atoms with E-state index in [2.05, 4.69) is 41.4 Å². The Morgan fingerprint density at radius 1 is 1.12 bits per heavy atom. The third-order valence-electron chi connectivity index (χ3n) is 5.05. The topological polar surface area (TPSA) is 41.6 Å². The van der Waals surface area contributed by atoms with E-state index in [4.69, 9.17) is 4.74 Å². The van der Waals surface area contributed by atoms with Gasteiger partial charge < -0.3 is 10.1 Å². The average Bonchev–Trinajstić information content (AvgIpc) is 2.66. The molecule has 2 aromatic carbocycles. The third-order valence-corrected chi connectivity index (χ3v) is 5.05. The van der Waals surface area contributed by atoms with E-state index in [-0.39, 0.29) is 11.8 Å². The first-order valence-electron chi connectivity index (χ1n) is 9.46. The fourth-order valence-corrected chi connectivity index (χ4v) is 3.43. The van der Waals surface area contributed by atoms with Gasteiger partial charge in [0.1, 0.15) is 5.75 Å². The van der Waals surface area contributed by atoms with Crippen molar-refractivity contribution in [2.75, 3.05) is 25.0 Å². The lowest BCUT2D eigenvalue weighted by Gasteiger charge is -2.31. The predicted molar refractivity (Wildman–Crippen MR) is 105 cm³/mol. The molecule has 1 saturated heterocycles. The van der Waals surface area contributed by atoms with Gasteiger partial charge in [-0.3, -0.25) is 9.69 Å². The molecule has 0 spiro atoms. The Labute approximate surface area is 156 Å². The summed E-state index contributed by atoms with van der Waals surface area (Å²) in [5, 5.41) is 3.04. The van der Waals surface area contributed by atoms with Gasteiger partial charge in [0.2, 0.25) is 5.91 Å². The highest BCUT2D eigenvalue weighted by molar-refractivity contribution is 5.92. The molecular formula is C22H28N2O2. The fraction of sp³-hybridized carbons (Fsp3) is 0.409. The van der Waals surface area contributed by atoms with Crippen LogP contribution >= 0.6 is 0 Å².